The van der Waals surface area contributed by atoms with Crippen LogP contribution >= 0.6 is 31.9 Å². The first-order valence-corrected chi connectivity index (χ1v) is 14.1. The number of carbonyl (C=O) groups excluding carboxylic acids is 3. The Morgan fingerprint density at radius 2 is 1.64 bits per heavy atom. The molecule has 7 nitrogen and oxygen atoms in total. The maximum Gasteiger partial charge on any atom is 0.328 e. The third-order valence-corrected chi connectivity index (χ3v) is 7.78. The molecule has 1 saturated heterocycles. The Balaban J connectivity index is 1.69. The number of hydrogen-bond donors (Lipinski definition) is 1. The predicted molar refractivity (Wildman–Crippen MR) is 157 cm³/mol. The highest BCUT2D eigenvalue weighted by molar-refractivity contribution is 9.11. The first-order chi connectivity index (χ1) is 18.7. The number of piperidine rings is 1. The van der Waals surface area contributed by atoms with Crippen LogP contribution in [0, 0.1) is 12.8 Å². The first kappa shape index (κ1) is 28.8. The summed E-state index contributed by atoms with van der Waals surface area (Å²) in [7, 11) is 2.89. The largest absolute Gasteiger partial charge is 0.497 e. The van der Waals surface area contributed by atoms with Gasteiger partial charge >= 0.3 is 5.97 Å². The number of nitrogens with zero attached hydrogens (tertiary/aromatic N) is 1. The molecular weight excluding hydrogens is 628 g/mol. The van der Waals surface area contributed by atoms with E-state index in [-0.39, 0.29) is 24.7 Å². The topological polar surface area (TPSA) is 84.9 Å². The van der Waals surface area contributed by atoms with Crippen LogP contribution in [0.3, 0.4) is 0 Å². The Morgan fingerprint density at radius 1 is 1.00 bits per heavy atom. The molecule has 1 fully saturated rings. The molecule has 1 aliphatic rings. The number of anilines is 1. The van der Waals surface area contributed by atoms with Gasteiger partial charge < -0.3 is 19.7 Å². The van der Waals surface area contributed by atoms with Gasteiger partial charge in [-0.1, -0.05) is 61.7 Å². The summed E-state index contributed by atoms with van der Waals surface area (Å²) in [6.07, 6.45) is 0.803. The van der Waals surface area contributed by atoms with Gasteiger partial charge in [-0.2, -0.15) is 0 Å². The van der Waals surface area contributed by atoms with Gasteiger partial charge in [0.25, 0.3) is 0 Å². The number of methoxy groups -OCH3 is 2. The van der Waals surface area contributed by atoms with Gasteiger partial charge in [-0.15, -0.1) is 0 Å². The minimum absolute atomic E-state index is 0.0628. The Labute approximate surface area is 245 Å². The molecule has 0 radical (unpaired) electrons. The molecule has 0 bridgehead atoms. The third kappa shape index (κ3) is 6.89. The molecule has 9 heteroatoms. The average molecular weight is 658 g/mol. The number of carbonyl (C=O) groups is 3. The first-order valence-electron chi connectivity index (χ1n) is 12.6. The van der Waals surface area contributed by atoms with Crippen molar-refractivity contribution in [2.24, 2.45) is 5.92 Å². The number of amides is 2. The number of benzene rings is 3. The summed E-state index contributed by atoms with van der Waals surface area (Å²) in [5, 5.41) is 2.94. The molecule has 1 heterocycles. The van der Waals surface area contributed by atoms with E-state index in [9.17, 15) is 14.4 Å². The van der Waals surface area contributed by atoms with Gasteiger partial charge in [0.1, 0.15) is 11.8 Å². The molecule has 1 aliphatic heterocycles. The molecule has 3 atom stereocenters. The van der Waals surface area contributed by atoms with Crippen molar-refractivity contribution in [1.82, 2.24) is 5.32 Å². The van der Waals surface area contributed by atoms with E-state index in [0.717, 1.165) is 25.6 Å². The van der Waals surface area contributed by atoms with E-state index < -0.39 is 24.0 Å². The Hall–Kier alpha value is -3.17. The summed E-state index contributed by atoms with van der Waals surface area (Å²) in [4.78, 5) is 41.7. The fourth-order valence-corrected chi connectivity index (χ4v) is 6.33. The molecule has 3 aromatic carbocycles. The third-order valence-electron chi connectivity index (χ3n) is 6.87. The number of nitrogens with one attached hydrogen (secondary N) is 1. The van der Waals surface area contributed by atoms with Crippen LogP contribution in [-0.4, -0.2) is 38.0 Å². The highest BCUT2D eigenvalue weighted by Gasteiger charge is 2.42. The lowest BCUT2D eigenvalue weighted by Crippen LogP contribution is -2.52. The molecule has 3 aromatic rings. The van der Waals surface area contributed by atoms with Gasteiger partial charge in [0.2, 0.25) is 11.8 Å². The molecule has 1 N–H and O–H groups in total. The van der Waals surface area contributed by atoms with Crippen molar-refractivity contribution in [2.45, 2.75) is 38.3 Å². The van der Waals surface area contributed by atoms with Gasteiger partial charge in [0.15, 0.2) is 0 Å². The molecule has 204 valence electrons. The van der Waals surface area contributed by atoms with E-state index in [1.54, 1.807) is 12.0 Å². The fourth-order valence-electron chi connectivity index (χ4n) is 4.94. The van der Waals surface area contributed by atoms with Crippen LogP contribution in [0.1, 0.15) is 35.6 Å². The van der Waals surface area contributed by atoms with Crippen LogP contribution in [0.2, 0.25) is 0 Å². The fraction of sp³-hybridized carbons (Fsp3) is 0.300. The standard InChI is InChI=1S/C30H30Br2N2O5/c1-18-4-8-23(9-5-18)34-27(35)13-12-25(28(34)20-6-10-24(38-2)11-7-20)29(36)33-26(30(37)39-3)16-19-14-21(31)17-22(32)15-19/h4-11,14-15,17,25-26,28H,12-13,16H2,1-3H3,(H,33,36). The number of rotatable bonds is 8. The SMILES string of the molecule is COC(=O)C(Cc1cc(Br)cc(Br)c1)NC(=O)C1CCC(=O)N(c2ccc(C)cc2)C1c1ccc(OC)cc1. The zero-order valence-electron chi connectivity index (χ0n) is 21.9. The van der Waals surface area contributed by atoms with E-state index in [1.807, 2.05) is 73.7 Å². The lowest BCUT2D eigenvalue weighted by Gasteiger charge is -2.41. The number of halogens is 2. The van der Waals surface area contributed by atoms with Crippen molar-refractivity contribution in [1.29, 1.82) is 0 Å². The molecule has 2 amide bonds. The summed E-state index contributed by atoms with van der Waals surface area (Å²) in [6, 6.07) is 19.3. The highest BCUT2D eigenvalue weighted by Crippen LogP contribution is 2.40. The highest BCUT2D eigenvalue weighted by atomic mass is 79.9. The molecule has 0 aliphatic carbocycles. The van der Waals surface area contributed by atoms with Gasteiger partial charge in [-0.25, -0.2) is 4.79 Å². The van der Waals surface area contributed by atoms with Crippen molar-refractivity contribution in [3.63, 3.8) is 0 Å². The lowest BCUT2D eigenvalue weighted by molar-refractivity contribution is -0.146. The van der Waals surface area contributed by atoms with Gasteiger partial charge in [0, 0.05) is 27.5 Å². The van der Waals surface area contributed by atoms with E-state index in [1.165, 1.54) is 7.11 Å². The van der Waals surface area contributed by atoms with Crippen LogP contribution in [0.5, 0.6) is 5.75 Å². The molecule has 0 saturated carbocycles. The van der Waals surface area contributed by atoms with Crippen molar-refractivity contribution in [2.75, 3.05) is 19.1 Å². The number of hydrogen-bond acceptors (Lipinski definition) is 5. The Morgan fingerprint density at radius 3 is 2.23 bits per heavy atom. The van der Waals surface area contributed by atoms with Gasteiger partial charge in [-0.05, 0) is 66.9 Å². The smallest absolute Gasteiger partial charge is 0.328 e. The molecule has 39 heavy (non-hydrogen) atoms. The van der Waals surface area contributed by atoms with E-state index in [0.29, 0.717) is 17.9 Å². The summed E-state index contributed by atoms with van der Waals surface area (Å²) < 4.78 is 12.1. The van der Waals surface area contributed by atoms with Gasteiger partial charge in [-0.3, -0.25) is 9.59 Å². The Kier molecular flexibility index (Phi) is 9.45. The van der Waals surface area contributed by atoms with Crippen LogP contribution in [0.15, 0.2) is 75.7 Å². The van der Waals surface area contributed by atoms with Crippen molar-refractivity contribution in [3.8, 4) is 5.75 Å². The molecule has 0 spiro atoms. The minimum atomic E-state index is -0.898. The quantitative estimate of drug-likeness (QED) is 0.305. The second-order valence-electron chi connectivity index (χ2n) is 9.53. The van der Waals surface area contributed by atoms with Crippen LogP contribution < -0.4 is 15.0 Å². The summed E-state index contributed by atoms with van der Waals surface area (Å²) in [6.45, 7) is 1.98. The Bertz CT molecular complexity index is 1320. The number of aryl methyl sites for hydroxylation is 1. The molecule has 0 aromatic heterocycles. The molecular formula is C30H30Br2N2O5. The van der Waals surface area contributed by atoms with E-state index in [2.05, 4.69) is 37.2 Å². The minimum Gasteiger partial charge on any atom is -0.497 e. The maximum atomic E-state index is 13.9. The lowest BCUT2D eigenvalue weighted by atomic mass is 9.82. The van der Waals surface area contributed by atoms with Crippen molar-refractivity contribution in [3.05, 3.63) is 92.4 Å². The summed E-state index contributed by atoms with van der Waals surface area (Å²) in [5.74, 6) is -0.839. The van der Waals surface area contributed by atoms with E-state index >= 15 is 0 Å². The average Bonchev–Trinajstić information content (AvgIpc) is 2.92. The van der Waals surface area contributed by atoms with Crippen LogP contribution in [0.25, 0.3) is 0 Å². The van der Waals surface area contributed by atoms with E-state index in [4.69, 9.17) is 9.47 Å². The normalized spacial score (nSPS) is 17.9. The van der Waals surface area contributed by atoms with Crippen molar-refractivity contribution < 1.29 is 23.9 Å². The zero-order valence-corrected chi connectivity index (χ0v) is 25.1. The van der Waals surface area contributed by atoms with Crippen LogP contribution in [-0.2, 0) is 25.5 Å². The second-order valence-corrected chi connectivity index (χ2v) is 11.4. The molecule has 3 unspecified atom stereocenters. The molecule has 4 rings (SSSR count). The maximum absolute atomic E-state index is 13.9. The second kappa shape index (κ2) is 12.8. The summed E-state index contributed by atoms with van der Waals surface area (Å²) >= 11 is 6.95. The van der Waals surface area contributed by atoms with Gasteiger partial charge in [0.05, 0.1) is 26.2 Å². The zero-order chi connectivity index (χ0) is 28.1. The summed E-state index contributed by atoms with van der Waals surface area (Å²) in [5.41, 5.74) is 3.43. The number of esters is 1. The number of ether oxygens (including phenoxy) is 2. The van der Waals surface area contributed by atoms with Crippen molar-refractivity contribution >= 4 is 55.3 Å². The van der Waals surface area contributed by atoms with Crippen LogP contribution in [0.4, 0.5) is 5.69 Å². The monoisotopic (exact) mass is 656 g/mol. The predicted octanol–water partition coefficient (Wildman–Crippen LogP) is 5.91.